The Balaban J connectivity index is 1.51. The molecule has 1 N–H and O–H groups in total. The van der Waals surface area contributed by atoms with Crippen LogP contribution in [0.4, 0.5) is 0 Å². The van der Waals surface area contributed by atoms with E-state index in [-0.39, 0.29) is 0 Å². The zero-order chi connectivity index (χ0) is 18.4. The van der Waals surface area contributed by atoms with E-state index in [0.29, 0.717) is 5.56 Å². The first-order valence-corrected chi connectivity index (χ1v) is 9.10. The van der Waals surface area contributed by atoms with Crippen molar-refractivity contribution in [1.82, 2.24) is 0 Å². The molecular formula is C24H24O2. The monoisotopic (exact) mass is 344 g/mol. The summed E-state index contributed by atoms with van der Waals surface area (Å²) in [5.74, 6) is -0.891. The summed E-state index contributed by atoms with van der Waals surface area (Å²) in [6.45, 7) is 2.12. The summed E-state index contributed by atoms with van der Waals surface area (Å²) in [6.07, 6.45) is 4.60. The van der Waals surface area contributed by atoms with Crippen LogP contribution < -0.4 is 0 Å². The van der Waals surface area contributed by atoms with Crippen LogP contribution >= 0.6 is 0 Å². The van der Waals surface area contributed by atoms with Crippen LogP contribution in [-0.4, -0.2) is 11.1 Å². The standard InChI is InChI=1S/C24H24O2/c1-18-6-8-19(9-7-18)4-2-3-5-20-10-12-21(13-11-20)22-14-16-23(17-15-22)24(25)26/h6-17H,2-5H2,1H3,(H,25,26). The number of hydrogen-bond donors (Lipinski definition) is 1. The van der Waals surface area contributed by atoms with Crippen molar-refractivity contribution in [2.45, 2.75) is 32.6 Å². The van der Waals surface area contributed by atoms with Gasteiger partial charge in [-0.15, -0.1) is 0 Å². The molecule has 3 rings (SSSR count). The average Bonchev–Trinajstić information content (AvgIpc) is 2.67. The first kappa shape index (κ1) is 17.9. The van der Waals surface area contributed by atoms with Gasteiger partial charge in [0.1, 0.15) is 0 Å². The molecule has 0 atom stereocenters. The number of carbonyl (C=O) groups is 1. The normalized spacial score (nSPS) is 10.7. The number of hydrogen-bond acceptors (Lipinski definition) is 1. The van der Waals surface area contributed by atoms with Gasteiger partial charge in [-0.3, -0.25) is 0 Å². The maximum atomic E-state index is 10.9. The molecule has 0 fully saturated rings. The largest absolute Gasteiger partial charge is 0.478 e. The van der Waals surface area contributed by atoms with Crippen LogP contribution in [0.15, 0.2) is 72.8 Å². The number of unbranched alkanes of at least 4 members (excludes halogenated alkanes) is 1. The molecule has 3 aromatic rings. The van der Waals surface area contributed by atoms with Crippen molar-refractivity contribution in [2.24, 2.45) is 0 Å². The van der Waals surface area contributed by atoms with Crippen molar-refractivity contribution in [3.8, 4) is 11.1 Å². The molecule has 0 unspecified atom stereocenters. The number of aromatic carboxylic acids is 1. The minimum absolute atomic E-state index is 0.318. The maximum Gasteiger partial charge on any atom is 0.335 e. The van der Waals surface area contributed by atoms with E-state index in [1.54, 1.807) is 12.1 Å². The van der Waals surface area contributed by atoms with Gasteiger partial charge in [0.05, 0.1) is 5.56 Å². The van der Waals surface area contributed by atoms with E-state index in [0.717, 1.165) is 24.0 Å². The van der Waals surface area contributed by atoms with Crippen molar-refractivity contribution in [3.63, 3.8) is 0 Å². The van der Waals surface area contributed by atoms with E-state index in [4.69, 9.17) is 5.11 Å². The predicted octanol–water partition coefficient (Wildman–Crippen LogP) is 5.93. The molecule has 0 aromatic heterocycles. The summed E-state index contributed by atoms with van der Waals surface area (Å²) in [6, 6.07) is 24.4. The van der Waals surface area contributed by atoms with Gasteiger partial charge >= 0.3 is 5.97 Å². The summed E-state index contributed by atoms with van der Waals surface area (Å²) in [4.78, 5) is 10.9. The Labute approximate surface area is 155 Å². The van der Waals surface area contributed by atoms with Crippen LogP contribution in [0, 0.1) is 6.92 Å². The minimum Gasteiger partial charge on any atom is -0.478 e. The highest BCUT2D eigenvalue weighted by molar-refractivity contribution is 5.88. The molecule has 0 spiro atoms. The fraction of sp³-hybridized carbons (Fsp3) is 0.208. The lowest BCUT2D eigenvalue weighted by atomic mass is 9.99. The SMILES string of the molecule is Cc1ccc(CCCCc2ccc(-c3ccc(C(=O)O)cc3)cc2)cc1. The number of rotatable bonds is 7. The molecule has 0 aliphatic rings. The molecule has 0 heterocycles. The summed E-state index contributed by atoms with van der Waals surface area (Å²) in [5.41, 5.74) is 6.55. The fourth-order valence-corrected chi connectivity index (χ4v) is 3.08. The van der Waals surface area contributed by atoms with E-state index in [1.165, 1.54) is 29.5 Å². The van der Waals surface area contributed by atoms with Crippen LogP contribution in [0.3, 0.4) is 0 Å². The third-order valence-corrected chi connectivity index (χ3v) is 4.72. The van der Waals surface area contributed by atoms with Gasteiger partial charge in [-0.2, -0.15) is 0 Å². The topological polar surface area (TPSA) is 37.3 Å². The Morgan fingerprint density at radius 3 is 1.58 bits per heavy atom. The molecule has 3 aromatic carbocycles. The molecule has 132 valence electrons. The Bertz CT molecular complexity index is 844. The van der Waals surface area contributed by atoms with E-state index in [1.807, 2.05) is 12.1 Å². The van der Waals surface area contributed by atoms with Gasteiger partial charge in [-0.25, -0.2) is 4.79 Å². The van der Waals surface area contributed by atoms with Gasteiger partial charge in [0.2, 0.25) is 0 Å². The van der Waals surface area contributed by atoms with Gasteiger partial charge in [-0.05, 0) is 67.0 Å². The van der Waals surface area contributed by atoms with Gasteiger partial charge in [0.25, 0.3) is 0 Å². The van der Waals surface area contributed by atoms with Gasteiger partial charge < -0.3 is 5.11 Å². The molecule has 2 heteroatoms. The smallest absolute Gasteiger partial charge is 0.335 e. The van der Waals surface area contributed by atoms with Gasteiger partial charge in [-0.1, -0.05) is 66.2 Å². The first-order valence-electron chi connectivity index (χ1n) is 9.10. The van der Waals surface area contributed by atoms with Gasteiger partial charge in [0.15, 0.2) is 0 Å². The number of benzene rings is 3. The van der Waals surface area contributed by atoms with E-state index in [2.05, 4.69) is 55.5 Å². The van der Waals surface area contributed by atoms with Crippen LogP contribution in [0.5, 0.6) is 0 Å². The lowest BCUT2D eigenvalue weighted by Crippen LogP contribution is -1.95. The molecule has 26 heavy (non-hydrogen) atoms. The van der Waals surface area contributed by atoms with Crippen LogP contribution in [0.25, 0.3) is 11.1 Å². The molecule has 0 saturated carbocycles. The predicted molar refractivity (Wildman–Crippen MR) is 107 cm³/mol. The summed E-state index contributed by atoms with van der Waals surface area (Å²) < 4.78 is 0. The van der Waals surface area contributed by atoms with Crippen molar-refractivity contribution in [2.75, 3.05) is 0 Å². The Kier molecular flexibility index (Phi) is 5.85. The second kappa shape index (κ2) is 8.48. The van der Waals surface area contributed by atoms with E-state index >= 15 is 0 Å². The first-order chi connectivity index (χ1) is 12.6. The summed E-state index contributed by atoms with van der Waals surface area (Å²) in [7, 11) is 0. The fourth-order valence-electron chi connectivity index (χ4n) is 3.08. The summed E-state index contributed by atoms with van der Waals surface area (Å²) in [5, 5.41) is 8.97. The number of carboxylic acid groups (broad SMARTS) is 1. The quantitative estimate of drug-likeness (QED) is 0.540. The van der Waals surface area contributed by atoms with E-state index in [9.17, 15) is 4.79 Å². The Hall–Kier alpha value is -2.87. The highest BCUT2D eigenvalue weighted by Gasteiger charge is 2.03. The highest BCUT2D eigenvalue weighted by Crippen LogP contribution is 2.21. The van der Waals surface area contributed by atoms with Crippen LogP contribution in [-0.2, 0) is 12.8 Å². The Morgan fingerprint density at radius 1 is 0.692 bits per heavy atom. The third kappa shape index (κ3) is 4.82. The van der Waals surface area contributed by atoms with Crippen molar-refractivity contribution < 1.29 is 9.90 Å². The molecule has 0 aliphatic carbocycles. The lowest BCUT2D eigenvalue weighted by molar-refractivity contribution is 0.0697. The Morgan fingerprint density at radius 2 is 1.12 bits per heavy atom. The zero-order valence-corrected chi connectivity index (χ0v) is 15.1. The lowest BCUT2D eigenvalue weighted by Gasteiger charge is -2.06. The van der Waals surface area contributed by atoms with Gasteiger partial charge in [0, 0.05) is 0 Å². The number of aryl methyl sites for hydroxylation is 3. The zero-order valence-electron chi connectivity index (χ0n) is 15.1. The minimum atomic E-state index is -0.891. The van der Waals surface area contributed by atoms with Crippen molar-refractivity contribution in [3.05, 3.63) is 95.1 Å². The third-order valence-electron chi connectivity index (χ3n) is 4.72. The molecule has 0 radical (unpaired) electrons. The molecular weight excluding hydrogens is 320 g/mol. The maximum absolute atomic E-state index is 10.9. The number of carboxylic acids is 1. The molecule has 0 amide bonds. The molecule has 0 aliphatic heterocycles. The highest BCUT2D eigenvalue weighted by atomic mass is 16.4. The van der Waals surface area contributed by atoms with Crippen LogP contribution in [0.1, 0.15) is 39.9 Å². The molecule has 0 bridgehead atoms. The van der Waals surface area contributed by atoms with Crippen LogP contribution in [0.2, 0.25) is 0 Å². The van der Waals surface area contributed by atoms with Crippen molar-refractivity contribution >= 4 is 5.97 Å². The second-order valence-corrected chi connectivity index (χ2v) is 6.77. The van der Waals surface area contributed by atoms with E-state index < -0.39 is 5.97 Å². The van der Waals surface area contributed by atoms with Crippen molar-refractivity contribution in [1.29, 1.82) is 0 Å². The molecule has 0 saturated heterocycles. The average molecular weight is 344 g/mol. The second-order valence-electron chi connectivity index (χ2n) is 6.77. The molecule has 2 nitrogen and oxygen atoms in total. The summed E-state index contributed by atoms with van der Waals surface area (Å²) >= 11 is 0.